The Morgan fingerprint density at radius 2 is 1.84 bits per heavy atom. The van der Waals surface area contributed by atoms with Crippen LogP contribution < -0.4 is 4.90 Å². The minimum Gasteiger partial charge on any atom is -0.395 e. The van der Waals surface area contributed by atoms with Crippen molar-refractivity contribution < 1.29 is 18.7 Å². The molecule has 0 unspecified atom stereocenters. The van der Waals surface area contributed by atoms with Crippen LogP contribution >= 0.6 is 0 Å². The predicted molar refractivity (Wildman–Crippen MR) is 68.4 cm³/mol. The molecule has 0 heterocycles. The first-order valence-electron chi connectivity index (χ1n) is 6.49. The molecule has 0 amide bonds. The van der Waals surface area contributed by atoms with Crippen LogP contribution in [0, 0.1) is 11.6 Å². The van der Waals surface area contributed by atoms with Crippen molar-refractivity contribution >= 4 is 12.0 Å². The van der Waals surface area contributed by atoms with Gasteiger partial charge in [-0.1, -0.05) is 12.8 Å². The molecule has 1 aliphatic carbocycles. The second kappa shape index (κ2) is 6.10. The second-order valence-electron chi connectivity index (χ2n) is 4.81. The highest BCUT2D eigenvalue weighted by Gasteiger charge is 2.27. The monoisotopic (exact) mass is 269 g/mol. The van der Waals surface area contributed by atoms with E-state index in [-0.39, 0.29) is 30.4 Å². The van der Waals surface area contributed by atoms with Gasteiger partial charge in [-0.15, -0.1) is 0 Å². The molecule has 5 heteroatoms. The van der Waals surface area contributed by atoms with Crippen molar-refractivity contribution in [3.05, 3.63) is 29.3 Å². The molecular formula is C14H17F2NO2. The van der Waals surface area contributed by atoms with E-state index in [0.717, 1.165) is 37.8 Å². The van der Waals surface area contributed by atoms with E-state index in [9.17, 15) is 13.6 Å². The Kier molecular flexibility index (Phi) is 4.47. The van der Waals surface area contributed by atoms with Crippen molar-refractivity contribution in [3.8, 4) is 0 Å². The Hall–Kier alpha value is -1.49. The maximum atomic E-state index is 14.0. The van der Waals surface area contributed by atoms with Crippen LogP contribution in [0.3, 0.4) is 0 Å². The second-order valence-corrected chi connectivity index (χ2v) is 4.81. The van der Waals surface area contributed by atoms with Gasteiger partial charge in [0.05, 0.1) is 6.61 Å². The van der Waals surface area contributed by atoms with Crippen molar-refractivity contribution in [1.29, 1.82) is 0 Å². The van der Waals surface area contributed by atoms with E-state index in [0.29, 0.717) is 6.29 Å². The predicted octanol–water partition coefficient (Wildman–Crippen LogP) is 2.52. The summed E-state index contributed by atoms with van der Waals surface area (Å²) in [4.78, 5) is 12.2. The molecule has 0 aromatic heterocycles. The number of aliphatic hydroxyl groups is 1. The average Bonchev–Trinajstić information content (AvgIpc) is 2.90. The number of benzene rings is 1. The first-order chi connectivity index (χ1) is 9.17. The van der Waals surface area contributed by atoms with Gasteiger partial charge in [0, 0.05) is 18.2 Å². The number of aldehydes is 1. The summed E-state index contributed by atoms with van der Waals surface area (Å²) in [6, 6.07) is 2.12. The van der Waals surface area contributed by atoms with E-state index in [4.69, 9.17) is 5.11 Å². The van der Waals surface area contributed by atoms with Crippen LogP contribution in [0.15, 0.2) is 12.1 Å². The van der Waals surface area contributed by atoms with E-state index in [1.165, 1.54) is 0 Å². The minimum atomic E-state index is -0.748. The molecule has 2 rings (SSSR count). The van der Waals surface area contributed by atoms with Crippen LogP contribution in [-0.2, 0) is 0 Å². The zero-order valence-corrected chi connectivity index (χ0v) is 10.6. The number of rotatable bonds is 5. The largest absolute Gasteiger partial charge is 0.395 e. The number of carbonyl (C=O) groups is 1. The molecule has 3 nitrogen and oxygen atoms in total. The van der Waals surface area contributed by atoms with Gasteiger partial charge in [-0.05, 0) is 25.0 Å². The summed E-state index contributed by atoms with van der Waals surface area (Å²) in [5, 5.41) is 9.10. The number of hydrogen-bond acceptors (Lipinski definition) is 3. The van der Waals surface area contributed by atoms with Crippen LogP contribution in [0.4, 0.5) is 14.5 Å². The topological polar surface area (TPSA) is 40.5 Å². The quantitative estimate of drug-likeness (QED) is 0.835. The van der Waals surface area contributed by atoms with Gasteiger partial charge in [0.25, 0.3) is 0 Å². The lowest BCUT2D eigenvalue weighted by Crippen LogP contribution is -2.37. The lowest BCUT2D eigenvalue weighted by Gasteiger charge is -2.31. The summed E-state index contributed by atoms with van der Waals surface area (Å²) in [5.74, 6) is -1.50. The van der Waals surface area contributed by atoms with Gasteiger partial charge in [0.1, 0.15) is 23.6 Å². The highest BCUT2D eigenvalue weighted by molar-refractivity contribution is 5.76. The van der Waals surface area contributed by atoms with Gasteiger partial charge in [-0.25, -0.2) is 8.78 Å². The third-order valence-corrected chi connectivity index (χ3v) is 3.57. The zero-order valence-electron chi connectivity index (χ0n) is 10.6. The van der Waals surface area contributed by atoms with Crippen LogP contribution in [0.5, 0.6) is 0 Å². The Morgan fingerprint density at radius 3 is 2.32 bits per heavy atom. The van der Waals surface area contributed by atoms with E-state index >= 15 is 0 Å². The summed E-state index contributed by atoms with van der Waals surface area (Å²) in [5.41, 5.74) is -0.152. The number of carbonyl (C=O) groups excluding carboxylic acids is 1. The SMILES string of the molecule is O=Cc1cc(F)c(N(CCO)C2CCCC2)c(F)c1. The molecule has 0 bridgehead atoms. The first kappa shape index (κ1) is 13.9. The van der Waals surface area contributed by atoms with Gasteiger partial charge >= 0.3 is 0 Å². The van der Waals surface area contributed by atoms with Crippen molar-refractivity contribution in [2.45, 2.75) is 31.7 Å². The van der Waals surface area contributed by atoms with Crippen molar-refractivity contribution in [2.75, 3.05) is 18.1 Å². The van der Waals surface area contributed by atoms with Gasteiger partial charge in [-0.3, -0.25) is 4.79 Å². The minimum absolute atomic E-state index is 0.0193. The zero-order chi connectivity index (χ0) is 13.8. The molecule has 0 spiro atoms. The fraction of sp³-hybridized carbons (Fsp3) is 0.500. The fourth-order valence-electron chi connectivity index (χ4n) is 2.73. The number of halogens is 2. The molecule has 0 radical (unpaired) electrons. The van der Waals surface area contributed by atoms with Crippen molar-refractivity contribution in [2.24, 2.45) is 0 Å². The molecular weight excluding hydrogens is 252 g/mol. The molecule has 1 fully saturated rings. The number of hydrogen-bond donors (Lipinski definition) is 1. The van der Waals surface area contributed by atoms with E-state index < -0.39 is 11.6 Å². The molecule has 1 N–H and O–H groups in total. The average molecular weight is 269 g/mol. The van der Waals surface area contributed by atoms with Gasteiger partial charge < -0.3 is 10.0 Å². The molecule has 0 aliphatic heterocycles. The molecule has 0 atom stereocenters. The summed E-state index contributed by atoms with van der Waals surface area (Å²) < 4.78 is 28.0. The van der Waals surface area contributed by atoms with E-state index in [1.54, 1.807) is 4.90 Å². The molecule has 1 aromatic rings. The Morgan fingerprint density at radius 1 is 1.26 bits per heavy atom. The van der Waals surface area contributed by atoms with Crippen molar-refractivity contribution in [3.63, 3.8) is 0 Å². The molecule has 1 aromatic carbocycles. The molecule has 19 heavy (non-hydrogen) atoms. The number of aliphatic hydroxyl groups excluding tert-OH is 1. The van der Waals surface area contributed by atoms with E-state index in [1.807, 2.05) is 0 Å². The summed E-state index contributed by atoms with van der Waals surface area (Å²) >= 11 is 0. The Bertz CT molecular complexity index is 436. The molecule has 104 valence electrons. The highest BCUT2D eigenvalue weighted by Crippen LogP contribution is 2.32. The number of anilines is 1. The van der Waals surface area contributed by atoms with Gasteiger partial charge in [0.15, 0.2) is 0 Å². The van der Waals surface area contributed by atoms with Crippen LogP contribution in [0.25, 0.3) is 0 Å². The summed E-state index contributed by atoms with van der Waals surface area (Å²) in [7, 11) is 0. The highest BCUT2D eigenvalue weighted by atomic mass is 19.1. The summed E-state index contributed by atoms with van der Waals surface area (Å²) in [6.07, 6.45) is 4.22. The molecule has 1 saturated carbocycles. The third kappa shape index (κ3) is 2.92. The lowest BCUT2D eigenvalue weighted by molar-refractivity contribution is 0.112. The Labute approximate surface area is 110 Å². The van der Waals surface area contributed by atoms with Crippen molar-refractivity contribution in [1.82, 2.24) is 0 Å². The maximum absolute atomic E-state index is 14.0. The van der Waals surface area contributed by atoms with Gasteiger partial charge in [0.2, 0.25) is 0 Å². The van der Waals surface area contributed by atoms with Crippen LogP contribution in [0.1, 0.15) is 36.0 Å². The first-order valence-corrected chi connectivity index (χ1v) is 6.49. The normalized spacial score (nSPS) is 15.7. The van der Waals surface area contributed by atoms with Crippen LogP contribution in [0.2, 0.25) is 0 Å². The summed E-state index contributed by atoms with van der Waals surface area (Å²) in [6.45, 7) is 0.0315. The number of nitrogens with zero attached hydrogens (tertiary/aromatic N) is 1. The lowest BCUT2D eigenvalue weighted by atomic mass is 10.1. The van der Waals surface area contributed by atoms with Crippen LogP contribution in [-0.4, -0.2) is 30.6 Å². The smallest absolute Gasteiger partial charge is 0.150 e. The maximum Gasteiger partial charge on any atom is 0.150 e. The molecule has 1 aliphatic rings. The van der Waals surface area contributed by atoms with E-state index in [2.05, 4.69) is 0 Å². The fourth-order valence-corrected chi connectivity index (χ4v) is 2.73. The molecule has 0 saturated heterocycles. The Balaban J connectivity index is 2.37. The standard InChI is InChI=1S/C14H17F2NO2/c15-12-7-10(9-19)8-13(16)14(12)17(5-6-18)11-3-1-2-4-11/h7-9,11,18H,1-6H2. The van der Waals surface area contributed by atoms with Gasteiger partial charge in [-0.2, -0.15) is 0 Å². The third-order valence-electron chi connectivity index (χ3n) is 3.57.